The van der Waals surface area contributed by atoms with Gasteiger partial charge in [-0.2, -0.15) is 0 Å². The van der Waals surface area contributed by atoms with Crippen LogP contribution in [0.15, 0.2) is 24.3 Å². The van der Waals surface area contributed by atoms with Crippen molar-refractivity contribution in [1.29, 1.82) is 0 Å². The Balaban J connectivity index is 2.51. The van der Waals surface area contributed by atoms with Gasteiger partial charge in [-0.05, 0) is 24.1 Å². The summed E-state index contributed by atoms with van der Waals surface area (Å²) in [5, 5.41) is 11.2. The number of carboxylic acids is 1. The Hall–Kier alpha value is -2.08. The summed E-state index contributed by atoms with van der Waals surface area (Å²) in [5.74, 6) is -0.976. The lowest BCUT2D eigenvalue weighted by Gasteiger charge is -2.14. The van der Waals surface area contributed by atoms with Crippen LogP contribution in [0.25, 0.3) is 0 Å². The Labute approximate surface area is 117 Å². The molecule has 1 amide bonds. The van der Waals surface area contributed by atoms with Gasteiger partial charge in [0.25, 0.3) is 0 Å². The average Bonchev–Trinajstić information content (AvgIpc) is 2.41. The molecule has 1 aromatic rings. The molecule has 6 heteroatoms. The van der Waals surface area contributed by atoms with E-state index < -0.39 is 17.9 Å². The molecule has 1 atom stereocenters. The fourth-order valence-corrected chi connectivity index (χ4v) is 1.57. The molecular formula is C14H19NO5. The summed E-state index contributed by atoms with van der Waals surface area (Å²) in [6, 6.07) is 6.25. The van der Waals surface area contributed by atoms with Crippen molar-refractivity contribution < 1.29 is 24.2 Å². The van der Waals surface area contributed by atoms with Gasteiger partial charge in [0.1, 0.15) is 12.4 Å². The number of ether oxygens (including phenoxy) is 2. The molecule has 0 aliphatic heterocycles. The molecule has 0 aliphatic carbocycles. The lowest BCUT2D eigenvalue weighted by atomic mass is 10.1. The summed E-state index contributed by atoms with van der Waals surface area (Å²) in [4.78, 5) is 21.8. The number of hydrogen-bond donors (Lipinski definition) is 2. The van der Waals surface area contributed by atoms with Crippen molar-refractivity contribution in [1.82, 2.24) is 5.32 Å². The van der Waals surface area contributed by atoms with Crippen LogP contribution in [0.5, 0.6) is 5.75 Å². The topological polar surface area (TPSA) is 84.9 Å². The molecule has 0 aromatic heterocycles. The second-order valence-corrected chi connectivity index (χ2v) is 4.29. The maximum Gasteiger partial charge on any atom is 0.329 e. The molecule has 20 heavy (non-hydrogen) atoms. The molecule has 0 saturated heterocycles. The van der Waals surface area contributed by atoms with Gasteiger partial charge in [-0.25, -0.2) is 4.79 Å². The van der Waals surface area contributed by atoms with E-state index in [1.165, 1.54) is 6.92 Å². The quantitative estimate of drug-likeness (QED) is 0.737. The lowest BCUT2D eigenvalue weighted by molar-refractivity contribution is -0.142. The third-order valence-corrected chi connectivity index (χ3v) is 2.61. The Morgan fingerprint density at radius 1 is 1.30 bits per heavy atom. The summed E-state index contributed by atoms with van der Waals surface area (Å²) >= 11 is 0. The first kappa shape index (κ1) is 16.0. The highest BCUT2D eigenvalue weighted by Crippen LogP contribution is 2.13. The highest BCUT2D eigenvalue weighted by molar-refractivity contribution is 5.82. The van der Waals surface area contributed by atoms with Gasteiger partial charge in [-0.1, -0.05) is 12.1 Å². The van der Waals surface area contributed by atoms with E-state index >= 15 is 0 Å². The molecule has 6 nitrogen and oxygen atoms in total. The van der Waals surface area contributed by atoms with Gasteiger partial charge in [-0.3, -0.25) is 4.79 Å². The van der Waals surface area contributed by atoms with Gasteiger partial charge in [0.05, 0.1) is 6.61 Å². The zero-order chi connectivity index (χ0) is 15.0. The summed E-state index contributed by atoms with van der Waals surface area (Å²) < 4.78 is 10.3. The van der Waals surface area contributed by atoms with E-state index in [4.69, 9.17) is 14.6 Å². The second kappa shape index (κ2) is 8.16. The summed E-state index contributed by atoms with van der Waals surface area (Å²) in [5.41, 5.74) is 1.11. The Morgan fingerprint density at radius 3 is 2.45 bits per heavy atom. The van der Waals surface area contributed by atoms with E-state index in [2.05, 4.69) is 5.32 Å². The minimum atomic E-state index is -1.13. The van der Waals surface area contributed by atoms with Gasteiger partial charge in [-0.15, -0.1) is 0 Å². The molecular weight excluding hydrogens is 262 g/mol. The highest BCUT2D eigenvalue weighted by atomic mass is 16.5. The molecule has 0 spiro atoms. The van der Waals surface area contributed by atoms with Crippen molar-refractivity contribution in [3.8, 4) is 5.75 Å². The van der Waals surface area contributed by atoms with Crippen LogP contribution < -0.4 is 10.1 Å². The normalized spacial score (nSPS) is 11.7. The van der Waals surface area contributed by atoms with Crippen LogP contribution in [0.2, 0.25) is 0 Å². The fraction of sp³-hybridized carbons (Fsp3) is 0.429. The van der Waals surface area contributed by atoms with Gasteiger partial charge >= 0.3 is 5.97 Å². The van der Waals surface area contributed by atoms with Gasteiger partial charge in [0.2, 0.25) is 5.91 Å². The molecule has 0 aliphatic rings. The number of rotatable bonds is 8. The SMILES string of the molecule is COCCc1ccc(OCC(NC(C)=O)C(=O)O)cc1. The largest absolute Gasteiger partial charge is 0.491 e. The van der Waals surface area contributed by atoms with Gasteiger partial charge in [0.15, 0.2) is 6.04 Å². The van der Waals surface area contributed by atoms with Crippen LogP contribution >= 0.6 is 0 Å². The monoisotopic (exact) mass is 281 g/mol. The summed E-state index contributed by atoms with van der Waals surface area (Å²) in [7, 11) is 1.64. The Bertz CT molecular complexity index is 443. The summed E-state index contributed by atoms with van der Waals surface area (Å²) in [6.45, 7) is 1.79. The van der Waals surface area contributed by atoms with Crippen molar-refractivity contribution in [3.05, 3.63) is 29.8 Å². The molecule has 0 saturated carbocycles. The number of carbonyl (C=O) groups is 2. The Kier molecular flexibility index (Phi) is 6.52. The maximum atomic E-state index is 10.9. The van der Waals surface area contributed by atoms with Crippen LogP contribution in [-0.4, -0.2) is 43.3 Å². The first-order chi connectivity index (χ1) is 9.52. The standard InChI is InChI=1S/C14H19NO5/c1-10(16)15-13(14(17)18)9-20-12-5-3-11(4-6-12)7-8-19-2/h3-6,13H,7-9H2,1-2H3,(H,15,16)(H,17,18). The predicted octanol–water partition coefficient (Wildman–Crippen LogP) is 0.844. The number of aliphatic carboxylic acids is 1. The zero-order valence-corrected chi connectivity index (χ0v) is 11.6. The van der Waals surface area contributed by atoms with Crippen molar-refractivity contribution >= 4 is 11.9 Å². The van der Waals surface area contributed by atoms with E-state index in [0.717, 1.165) is 12.0 Å². The van der Waals surface area contributed by atoms with Crippen LogP contribution in [-0.2, 0) is 20.7 Å². The van der Waals surface area contributed by atoms with Crippen molar-refractivity contribution in [3.63, 3.8) is 0 Å². The van der Waals surface area contributed by atoms with Crippen molar-refractivity contribution in [2.75, 3.05) is 20.3 Å². The van der Waals surface area contributed by atoms with Crippen molar-refractivity contribution in [2.24, 2.45) is 0 Å². The number of nitrogens with one attached hydrogen (secondary N) is 1. The predicted molar refractivity (Wildman–Crippen MR) is 72.8 cm³/mol. The molecule has 1 unspecified atom stereocenters. The maximum absolute atomic E-state index is 10.9. The first-order valence-corrected chi connectivity index (χ1v) is 6.23. The van der Waals surface area contributed by atoms with Crippen LogP contribution in [0, 0.1) is 0 Å². The lowest BCUT2D eigenvalue weighted by Crippen LogP contribution is -2.43. The van der Waals surface area contributed by atoms with E-state index in [1.807, 2.05) is 12.1 Å². The van der Waals surface area contributed by atoms with E-state index in [9.17, 15) is 9.59 Å². The third kappa shape index (κ3) is 5.71. The van der Waals surface area contributed by atoms with E-state index in [1.54, 1.807) is 19.2 Å². The van der Waals surface area contributed by atoms with Gasteiger partial charge in [0, 0.05) is 14.0 Å². The molecule has 1 rings (SSSR count). The average molecular weight is 281 g/mol. The molecule has 0 heterocycles. The smallest absolute Gasteiger partial charge is 0.329 e. The minimum absolute atomic E-state index is 0.119. The minimum Gasteiger partial charge on any atom is -0.491 e. The third-order valence-electron chi connectivity index (χ3n) is 2.61. The van der Waals surface area contributed by atoms with Crippen LogP contribution in [0.3, 0.4) is 0 Å². The number of hydrogen-bond acceptors (Lipinski definition) is 4. The first-order valence-electron chi connectivity index (χ1n) is 6.23. The molecule has 0 fully saturated rings. The number of amides is 1. The molecule has 1 aromatic carbocycles. The van der Waals surface area contributed by atoms with Crippen LogP contribution in [0.1, 0.15) is 12.5 Å². The molecule has 110 valence electrons. The number of carboxylic acid groups (broad SMARTS) is 1. The number of benzene rings is 1. The molecule has 0 radical (unpaired) electrons. The summed E-state index contributed by atoms with van der Waals surface area (Å²) in [6.07, 6.45) is 0.806. The second-order valence-electron chi connectivity index (χ2n) is 4.29. The number of carbonyl (C=O) groups excluding carboxylic acids is 1. The zero-order valence-electron chi connectivity index (χ0n) is 11.6. The van der Waals surface area contributed by atoms with Gasteiger partial charge < -0.3 is 19.9 Å². The van der Waals surface area contributed by atoms with Crippen LogP contribution in [0.4, 0.5) is 0 Å². The number of methoxy groups -OCH3 is 1. The molecule has 0 bridgehead atoms. The van der Waals surface area contributed by atoms with E-state index in [0.29, 0.717) is 12.4 Å². The van der Waals surface area contributed by atoms with E-state index in [-0.39, 0.29) is 6.61 Å². The highest BCUT2D eigenvalue weighted by Gasteiger charge is 2.18. The molecule has 2 N–H and O–H groups in total. The Morgan fingerprint density at radius 2 is 1.95 bits per heavy atom. The van der Waals surface area contributed by atoms with Crippen molar-refractivity contribution in [2.45, 2.75) is 19.4 Å². The fourth-order valence-electron chi connectivity index (χ4n) is 1.57.